The monoisotopic (exact) mass is 440 g/mol. The average molecular weight is 442 g/mol. The molecule has 0 amide bonds. The molecule has 2 aliphatic carbocycles. The van der Waals surface area contributed by atoms with E-state index in [1.807, 2.05) is 6.08 Å². The van der Waals surface area contributed by atoms with Gasteiger partial charge in [0, 0.05) is 16.8 Å². The van der Waals surface area contributed by atoms with Gasteiger partial charge in [0.2, 0.25) is 0 Å². The smallest absolute Gasteiger partial charge is 0.0608 e. The van der Waals surface area contributed by atoms with Crippen molar-refractivity contribution in [2.24, 2.45) is 35.5 Å². The summed E-state index contributed by atoms with van der Waals surface area (Å²) in [5.41, 5.74) is 1.37. The zero-order chi connectivity index (χ0) is 21.4. The first-order valence-electron chi connectivity index (χ1n) is 11.8. The van der Waals surface area contributed by atoms with E-state index in [0.717, 1.165) is 36.1 Å². The van der Waals surface area contributed by atoms with Gasteiger partial charge in [0.15, 0.2) is 0 Å². The zero-order valence-electron chi connectivity index (χ0n) is 18.6. The molecule has 5 unspecified atom stereocenters. The van der Waals surface area contributed by atoms with E-state index in [-0.39, 0.29) is 12.0 Å². The highest BCUT2D eigenvalue weighted by Crippen LogP contribution is 2.43. The Hall–Kier alpha value is -0.240. The van der Waals surface area contributed by atoms with Gasteiger partial charge >= 0.3 is 0 Å². The van der Waals surface area contributed by atoms with Crippen molar-refractivity contribution in [1.82, 2.24) is 0 Å². The Morgan fingerprint density at radius 2 is 1.97 bits per heavy atom. The summed E-state index contributed by atoms with van der Waals surface area (Å²) in [4.78, 5) is 0. The second-order valence-electron chi connectivity index (χ2n) is 9.76. The van der Waals surface area contributed by atoms with Crippen molar-refractivity contribution in [3.05, 3.63) is 35.9 Å². The summed E-state index contributed by atoms with van der Waals surface area (Å²) in [7, 11) is 0. The lowest BCUT2D eigenvalue weighted by Gasteiger charge is -2.32. The maximum atomic E-state index is 10.8. The molecule has 6 atom stereocenters. The number of allylic oxidation sites excluding steroid dienone is 3. The minimum atomic E-state index is -0.382. The highest BCUT2D eigenvalue weighted by atomic mass is 35.5. The number of hydrogen-bond donors (Lipinski definition) is 1. The van der Waals surface area contributed by atoms with Crippen LogP contribution in [-0.2, 0) is 0 Å². The zero-order valence-corrected chi connectivity index (χ0v) is 20.1. The molecule has 1 N–H and O–H groups in total. The first-order valence-corrected chi connectivity index (χ1v) is 12.7. The molecule has 3 heteroatoms. The predicted molar refractivity (Wildman–Crippen MR) is 128 cm³/mol. The molecule has 0 saturated heterocycles. The molecule has 0 aliphatic heterocycles. The van der Waals surface area contributed by atoms with Crippen molar-refractivity contribution < 1.29 is 5.11 Å². The van der Waals surface area contributed by atoms with E-state index < -0.39 is 0 Å². The second-order valence-corrected chi connectivity index (χ2v) is 10.6. The maximum absolute atomic E-state index is 10.8. The van der Waals surface area contributed by atoms with Gasteiger partial charge in [-0.2, -0.15) is 0 Å². The number of hydrogen-bond acceptors (Lipinski definition) is 1. The van der Waals surface area contributed by atoms with Crippen LogP contribution >= 0.6 is 23.2 Å². The van der Waals surface area contributed by atoms with Crippen LogP contribution in [0.4, 0.5) is 0 Å². The molecule has 0 radical (unpaired) electrons. The van der Waals surface area contributed by atoms with E-state index >= 15 is 0 Å². The topological polar surface area (TPSA) is 20.2 Å². The highest BCUT2D eigenvalue weighted by Gasteiger charge is 2.31. The minimum absolute atomic E-state index is 0.0752. The van der Waals surface area contributed by atoms with E-state index in [1.165, 1.54) is 50.5 Å². The van der Waals surface area contributed by atoms with Gasteiger partial charge in [-0.05, 0) is 81.0 Å². The van der Waals surface area contributed by atoms with Crippen LogP contribution in [0.15, 0.2) is 35.9 Å². The number of aliphatic hydroxyl groups excluding tert-OH is 1. The fourth-order valence-corrected chi connectivity index (χ4v) is 6.06. The Balaban J connectivity index is 1.96. The molecule has 166 valence electrons. The minimum Gasteiger partial charge on any atom is -0.392 e. The normalized spacial score (nSPS) is 28.9. The van der Waals surface area contributed by atoms with Crippen LogP contribution in [0.5, 0.6) is 0 Å². The second kappa shape index (κ2) is 12.6. The van der Waals surface area contributed by atoms with Gasteiger partial charge in [-0.15, -0.1) is 18.2 Å². The van der Waals surface area contributed by atoms with Crippen LogP contribution in [-0.4, -0.2) is 17.1 Å². The van der Waals surface area contributed by atoms with Crippen molar-refractivity contribution in [1.29, 1.82) is 0 Å². The summed E-state index contributed by atoms with van der Waals surface area (Å²) in [5, 5.41) is 11.9. The Labute approximate surface area is 189 Å². The SMILES string of the molecule is C=CC(CCCl)C(O)C[C@@H](C(=C)C1CCCC(C2CC=C(Cl)CC2)CC1)C(C)C. The predicted octanol–water partition coefficient (Wildman–Crippen LogP) is 8.12. The van der Waals surface area contributed by atoms with Crippen LogP contribution in [0.25, 0.3) is 0 Å². The molecule has 0 bridgehead atoms. The summed E-state index contributed by atoms with van der Waals surface area (Å²) in [6.45, 7) is 13.0. The Bertz CT molecular complexity index is 553. The molecule has 0 spiro atoms. The molecular weight excluding hydrogens is 399 g/mol. The van der Waals surface area contributed by atoms with Crippen molar-refractivity contribution in [2.45, 2.75) is 84.2 Å². The summed E-state index contributed by atoms with van der Waals surface area (Å²) < 4.78 is 0. The summed E-state index contributed by atoms with van der Waals surface area (Å²) in [6, 6.07) is 0. The van der Waals surface area contributed by atoms with Gasteiger partial charge in [0.1, 0.15) is 0 Å². The lowest BCUT2D eigenvalue weighted by molar-refractivity contribution is 0.0950. The van der Waals surface area contributed by atoms with E-state index in [0.29, 0.717) is 23.6 Å². The maximum Gasteiger partial charge on any atom is 0.0608 e. The number of alkyl halides is 1. The molecular formula is C26H42Cl2O. The van der Waals surface area contributed by atoms with E-state index in [1.54, 1.807) is 0 Å². The third-order valence-electron chi connectivity index (χ3n) is 7.62. The van der Waals surface area contributed by atoms with Crippen LogP contribution < -0.4 is 0 Å². The quantitative estimate of drug-likeness (QED) is 0.206. The van der Waals surface area contributed by atoms with Crippen LogP contribution in [0.2, 0.25) is 0 Å². The number of rotatable bonds is 10. The molecule has 2 aliphatic rings. The van der Waals surface area contributed by atoms with E-state index in [2.05, 4.69) is 33.1 Å². The molecule has 29 heavy (non-hydrogen) atoms. The van der Waals surface area contributed by atoms with Crippen LogP contribution in [0.3, 0.4) is 0 Å². The molecule has 0 heterocycles. The first kappa shape index (κ1) is 25.0. The summed E-state index contributed by atoms with van der Waals surface area (Å²) >= 11 is 12.1. The fourth-order valence-electron chi connectivity index (χ4n) is 5.61. The van der Waals surface area contributed by atoms with Crippen LogP contribution in [0, 0.1) is 35.5 Å². The van der Waals surface area contributed by atoms with Gasteiger partial charge in [-0.1, -0.05) is 62.6 Å². The summed E-state index contributed by atoms with van der Waals surface area (Å²) in [5.74, 6) is 3.74. The molecule has 1 nitrogen and oxygen atoms in total. The van der Waals surface area contributed by atoms with E-state index in [9.17, 15) is 5.11 Å². The molecule has 1 saturated carbocycles. The molecule has 1 fully saturated rings. The van der Waals surface area contributed by atoms with Gasteiger partial charge in [-0.3, -0.25) is 0 Å². The molecule has 2 rings (SSSR count). The van der Waals surface area contributed by atoms with Crippen molar-refractivity contribution in [3.63, 3.8) is 0 Å². The molecule has 0 aromatic carbocycles. The van der Waals surface area contributed by atoms with Gasteiger partial charge in [-0.25, -0.2) is 0 Å². The van der Waals surface area contributed by atoms with Crippen molar-refractivity contribution in [2.75, 3.05) is 5.88 Å². The Morgan fingerprint density at radius 1 is 1.21 bits per heavy atom. The lowest BCUT2D eigenvalue weighted by atomic mass is 9.74. The van der Waals surface area contributed by atoms with Crippen molar-refractivity contribution in [3.8, 4) is 0 Å². The third-order valence-corrected chi connectivity index (χ3v) is 8.18. The molecule has 0 aromatic heterocycles. The Kier molecular flexibility index (Phi) is 10.9. The fraction of sp³-hybridized carbons (Fsp3) is 0.769. The van der Waals surface area contributed by atoms with Gasteiger partial charge in [0.25, 0.3) is 0 Å². The molecule has 0 aromatic rings. The largest absolute Gasteiger partial charge is 0.392 e. The van der Waals surface area contributed by atoms with E-state index in [4.69, 9.17) is 23.2 Å². The number of halogens is 2. The highest BCUT2D eigenvalue weighted by molar-refractivity contribution is 6.29. The van der Waals surface area contributed by atoms with Crippen molar-refractivity contribution >= 4 is 23.2 Å². The Morgan fingerprint density at radius 3 is 2.55 bits per heavy atom. The lowest BCUT2D eigenvalue weighted by Crippen LogP contribution is -2.27. The van der Waals surface area contributed by atoms with Gasteiger partial charge < -0.3 is 5.11 Å². The summed E-state index contributed by atoms with van der Waals surface area (Å²) in [6.07, 6.45) is 15.3. The third kappa shape index (κ3) is 7.44. The standard InChI is InChI=1S/C26H42Cl2O/c1-5-20(15-16-27)26(29)17-25(18(2)3)19(4)21-7-6-8-22(10-9-21)23-11-13-24(28)14-12-23/h5,13,18,20-23,25-26,29H,1,4,6-12,14-17H2,2-3H3/t20?,21?,22?,23?,25-,26?/m1/s1. The van der Waals surface area contributed by atoms with Crippen LogP contribution in [0.1, 0.15) is 78.1 Å². The average Bonchev–Trinajstić information content (AvgIpc) is 2.96. The first-order chi connectivity index (χ1) is 13.9. The van der Waals surface area contributed by atoms with Gasteiger partial charge in [0.05, 0.1) is 6.10 Å². The number of aliphatic hydroxyl groups is 1.